The Bertz CT molecular complexity index is 723. The maximum Gasteiger partial charge on any atom is 0.410 e. The van der Waals surface area contributed by atoms with Crippen LogP contribution in [0.5, 0.6) is 5.75 Å². The lowest BCUT2D eigenvalue weighted by Gasteiger charge is -2.38. The Morgan fingerprint density at radius 1 is 1.00 bits per heavy atom. The second kappa shape index (κ2) is 8.93. The van der Waals surface area contributed by atoms with E-state index in [-0.39, 0.29) is 18.1 Å². The molecule has 2 fully saturated rings. The van der Waals surface area contributed by atoms with Crippen molar-refractivity contribution in [3.63, 3.8) is 0 Å². The monoisotopic (exact) mass is 403 g/mol. The van der Waals surface area contributed by atoms with Crippen LogP contribution in [0, 0.1) is 0 Å². The molecule has 160 valence electrons. The molecule has 0 radical (unpaired) electrons. The van der Waals surface area contributed by atoms with Gasteiger partial charge in [-0.05, 0) is 45.7 Å². The number of hydrogen-bond donors (Lipinski definition) is 0. The predicted octanol–water partition coefficient (Wildman–Crippen LogP) is 3.13. The highest BCUT2D eigenvalue weighted by atomic mass is 16.6. The highest BCUT2D eigenvalue weighted by molar-refractivity contribution is 5.73. The summed E-state index contributed by atoms with van der Waals surface area (Å²) in [6, 6.07) is 8.03. The van der Waals surface area contributed by atoms with Crippen molar-refractivity contribution in [3.8, 4) is 5.75 Å². The highest BCUT2D eigenvalue weighted by Gasteiger charge is 2.28. The standard InChI is InChI=1S/C22H33N3O4/c1-17(26)25-11-7-8-18(16-25)28-20-10-6-5-9-19(20)23-12-14-24(15-13-23)21(27)29-22(2,3)4/h5-6,9-10,18H,7-8,11-16H2,1-4H3. The van der Waals surface area contributed by atoms with E-state index in [1.165, 1.54) is 0 Å². The van der Waals surface area contributed by atoms with E-state index in [1.54, 1.807) is 11.8 Å². The van der Waals surface area contributed by atoms with Crippen LogP contribution in [0.1, 0.15) is 40.5 Å². The zero-order valence-electron chi connectivity index (χ0n) is 18.0. The van der Waals surface area contributed by atoms with Crippen LogP contribution in [0.2, 0.25) is 0 Å². The second-order valence-corrected chi connectivity index (χ2v) is 8.77. The van der Waals surface area contributed by atoms with Crippen molar-refractivity contribution in [3.05, 3.63) is 24.3 Å². The second-order valence-electron chi connectivity index (χ2n) is 8.77. The fourth-order valence-corrected chi connectivity index (χ4v) is 3.77. The van der Waals surface area contributed by atoms with Crippen molar-refractivity contribution in [1.82, 2.24) is 9.80 Å². The number of ether oxygens (including phenoxy) is 2. The van der Waals surface area contributed by atoms with Gasteiger partial charge in [-0.2, -0.15) is 0 Å². The maximum atomic E-state index is 12.3. The molecule has 29 heavy (non-hydrogen) atoms. The van der Waals surface area contributed by atoms with Crippen molar-refractivity contribution >= 4 is 17.7 Å². The summed E-state index contributed by atoms with van der Waals surface area (Å²) in [5.41, 5.74) is 0.555. The van der Waals surface area contributed by atoms with Crippen LogP contribution in [0.3, 0.4) is 0 Å². The number of nitrogens with zero attached hydrogens (tertiary/aromatic N) is 3. The van der Waals surface area contributed by atoms with Gasteiger partial charge in [0.1, 0.15) is 17.5 Å². The lowest BCUT2D eigenvalue weighted by molar-refractivity contribution is -0.131. The van der Waals surface area contributed by atoms with Crippen molar-refractivity contribution in [2.75, 3.05) is 44.2 Å². The van der Waals surface area contributed by atoms with E-state index in [0.717, 1.165) is 43.9 Å². The normalized spacial score (nSPS) is 20.4. The average molecular weight is 404 g/mol. The van der Waals surface area contributed by atoms with E-state index in [2.05, 4.69) is 11.0 Å². The molecule has 1 aromatic rings. The first-order valence-corrected chi connectivity index (χ1v) is 10.5. The van der Waals surface area contributed by atoms with Crippen molar-refractivity contribution in [2.24, 2.45) is 0 Å². The van der Waals surface area contributed by atoms with Crippen LogP contribution in [-0.2, 0) is 9.53 Å². The topological polar surface area (TPSA) is 62.3 Å². The predicted molar refractivity (Wildman–Crippen MR) is 112 cm³/mol. The highest BCUT2D eigenvalue weighted by Crippen LogP contribution is 2.31. The molecule has 1 unspecified atom stereocenters. The summed E-state index contributed by atoms with van der Waals surface area (Å²) in [6.07, 6.45) is 1.66. The number of carbonyl (C=O) groups excluding carboxylic acids is 2. The molecular formula is C22H33N3O4. The summed E-state index contributed by atoms with van der Waals surface area (Å²) >= 11 is 0. The SMILES string of the molecule is CC(=O)N1CCCC(Oc2ccccc2N2CCN(C(=O)OC(C)(C)C)CC2)C1. The zero-order valence-corrected chi connectivity index (χ0v) is 18.0. The van der Waals surface area contributed by atoms with Gasteiger partial charge in [0.25, 0.3) is 0 Å². The third kappa shape index (κ3) is 5.78. The summed E-state index contributed by atoms with van der Waals surface area (Å²) in [7, 11) is 0. The van der Waals surface area contributed by atoms with E-state index in [0.29, 0.717) is 19.6 Å². The molecule has 1 atom stereocenters. The van der Waals surface area contributed by atoms with Gasteiger partial charge in [-0.1, -0.05) is 12.1 Å². The lowest BCUT2D eigenvalue weighted by atomic mass is 10.1. The Morgan fingerprint density at radius 2 is 1.69 bits per heavy atom. The van der Waals surface area contributed by atoms with Crippen LogP contribution in [0.4, 0.5) is 10.5 Å². The van der Waals surface area contributed by atoms with Gasteiger partial charge in [0, 0.05) is 39.6 Å². The molecule has 1 aromatic carbocycles. The number of rotatable bonds is 3. The summed E-state index contributed by atoms with van der Waals surface area (Å²) in [6.45, 7) is 11.4. The van der Waals surface area contributed by atoms with Crippen LogP contribution >= 0.6 is 0 Å². The van der Waals surface area contributed by atoms with Crippen LogP contribution < -0.4 is 9.64 Å². The van der Waals surface area contributed by atoms with Gasteiger partial charge in [-0.25, -0.2) is 4.79 Å². The van der Waals surface area contributed by atoms with E-state index >= 15 is 0 Å². The molecule has 7 nitrogen and oxygen atoms in total. The van der Waals surface area contributed by atoms with E-state index in [4.69, 9.17) is 9.47 Å². The fraction of sp³-hybridized carbons (Fsp3) is 0.636. The smallest absolute Gasteiger partial charge is 0.410 e. The minimum Gasteiger partial charge on any atom is -0.486 e. The molecule has 2 saturated heterocycles. The van der Waals surface area contributed by atoms with Crippen LogP contribution in [-0.4, -0.2) is 72.8 Å². The van der Waals surface area contributed by atoms with Gasteiger partial charge in [0.15, 0.2) is 0 Å². The van der Waals surface area contributed by atoms with Gasteiger partial charge in [0.2, 0.25) is 5.91 Å². The molecule has 2 amide bonds. The number of carbonyl (C=O) groups is 2. The molecule has 7 heteroatoms. The molecule has 2 heterocycles. The number of hydrogen-bond acceptors (Lipinski definition) is 5. The fourth-order valence-electron chi connectivity index (χ4n) is 3.77. The zero-order chi connectivity index (χ0) is 21.0. The van der Waals surface area contributed by atoms with Gasteiger partial charge in [-0.15, -0.1) is 0 Å². The van der Waals surface area contributed by atoms with Crippen LogP contribution in [0.25, 0.3) is 0 Å². The number of amides is 2. The molecule has 3 rings (SSSR count). The Hall–Kier alpha value is -2.44. The first-order valence-electron chi connectivity index (χ1n) is 10.5. The third-order valence-electron chi connectivity index (χ3n) is 5.25. The Morgan fingerprint density at radius 3 is 2.34 bits per heavy atom. The molecule has 0 N–H and O–H groups in total. The first kappa shape index (κ1) is 21.3. The van der Waals surface area contributed by atoms with Gasteiger partial charge in [0.05, 0.1) is 12.2 Å². The van der Waals surface area contributed by atoms with Gasteiger partial charge in [-0.3, -0.25) is 4.79 Å². The van der Waals surface area contributed by atoms with Crippen molar-refractivity contribution in [1.29, 1.82) is 0 Å². The van der Waals surface area contributed by atoms with Crippen LogP contribution in [0.15, 0.2) is 24.3 Å². The largest absolute Gasteiger partial charge is 0.486 e. The molecule has 2 aliphatic heterocycles. The minimum atomic E-state index is -0.484. The van der Waals surface area contributed by atoms with E-state index in [1.807, 2.05) is 43.9 Å². The van der Waals surface area contributed by atoms with Crippen molar-refractivity contribution < 1.29 is 19.1 Å². The average Bonchev–Trinajstić information content (AvgIpc) is 2.67. The molecule has 0 aromatic heterocycles. The molecule has 0 spiro atoms. The van der Waals surface area contributed by atoms with E-state index in [9.17, 15) is 9.59 Å². The maximum absolute atomic E-state index is 12.3. The molecule has 0 bridgehead atoms. The number of para-hydroxylation sites is 2. The Balaban J connectivity index is 1.61. The number of likely N-dealkylation sites (tertiary alicyclic amines) is 1. The van der Waals surface area contributed by atoms with E-state index < -0.39 is 5.60 Å². The number of piperazine rings is 1. The summed E-state index contributed by atoms with van der Waals surface area (Å²) in [5, 5.41) is 0. The summed E-state index contributed by atoms with van der Waals surface area (Å²) < 4.78 is 11.8. The quantitative estimate of drug-likeness (QED) is 0.776. The number of piperidine rings is 1. The Kier molecular flexibility index (Phi) is 6.55. The number of benzene rings is 1. The summed E-state index contributed by atoms with van der Waals surface area (Å²) in [4.78, 5) is 29.9. The minimum absolute atomic E-state index is 0.0110. The van der Waals surface area contributed by atoms with Gasteiger partial charge >= 0.3 is 6.09 Å². The molecule has 0 aliphatic carbocycles. The molecular weight excluding hydrogens is 370 g/mol. The van der Waals surface area contributed by atoms with Gasteiger partial charge < -0.3 is 24.2 Å². The lowest BCUT2D eigenvalue weighted by Crippen LogP contribution is -2.50. The third-order valence-corrected chi connectivity index (χ3v) is 5.25. The molecule has 0 saturated carbocycles. The number of anilines is 1. The first-order chi connectivity index (χ1) is 13.7. The summed E-state index contributed by atoms with van der Waals surface area (Å²) in [5.74, 6) is 0.943. The Labute approximate surface area is 173 Å². The van der Waals surface area contributed by atoms with Crippen molar-refractivity contribution in [2.45, 2.75) is 52.2 Å². The molecule has 2 aliphatic rings.